The van der Waals surface area contributed by atoms with Crippen molar-refractivity contribution in [1.82, 2.24) is 4.98 Å². The fraction of sp³-hybridized carbons (Fsp3) is 0.333. The van der Waals surface area contributed by atoms with Gasteiger partial charge in [0, 0.05) is 20.6 Å². The second kappa shape index (κ2) is 10.2. The average Bonchev–Trinajstić information content (AvgIpc) is 3.18. The number of thiazole rings is 1. The van der Waals surface area contributed by atoms with Crippen molar-refractivity contribution < 1.29 is 27.8 Å². The number of benzene rings is 2. The van der Waals surface area contributed by atoms with Crippen molar-refractivity contribution in [2.24, 2.45) is 0 Å². The summed E-state index contributed by atoms with van der Waals surface area (Å²) in [4.78, 5) is 17.6. The molecule has 0 amide bonds. The average molecular weight is 496 g/mol. The first-order valence-electron chi connectivity index (χ1n) is 10.3. The van der Waals surface area contributed by atoms with E-state index in [9.17, 15) is 18.0 Å². The summed E-state index contributed by atoms with van der Waals surface area (Å²) in [6.07, 6.45) is -4.37. The zero-order valence-electron chi connectivity index (χ0n) is 18.6. The third-order valence-corrected chi connectivity index (χ3v) is 7.43. The number of nitrogens with zero attached hydrogens (tertiary/aromatic N) is 1. The minimum Gasteiger partial charge on any atom is -0.482 e. The van der Waals surface area contributed by atoms with Gasteiger partial charge in [-0.25, -0.2) is 9.78 Å². The smallest absolute Gasteiger partial charge is 0.416 e. The number of alkyl halides is 3. The van der Waals surface area contributed by atoms with Crippen LogP contribution in [-0.4, -0.2) is 22.7 Å². The molecule has 0 aliphatic rings. The van der Waals surface area contributed by atoms with Crippen LogP contribution >= 0.6 is 23.1 Å². The summed E-state index contributed by atoms with van der Waals surface area (Å²) in [6, 6.07) is 10.7. The summed E-state index contributed by atoms with van der Waals surface area (Å²) in [5.41, 5.74) is 1.76. The van der Waals surface area contributed by atoms with E-state index < -0.39 is 24.3 Å². The summed E-state index contributed by atoms with van der Waals surface area (Å²) in [7, 11) is 0. The van der Waals surface area contributed by atoms with E-state index in [1.807, 2.05) is 32.9 Å². The summed E-state index contributed by atoms with van der Waals surface area (Å²) in [5.74, 6) is -0.340. The van der Waals surface area contributed by atoms with Crippen LogP contribution in [0.3, 0.4) is 0 Å². The molecular weight excluding hydrogens is 471 g/mol. The van der Waals surface area contributed by atoms with Crippen molar-refractivity contribution >= 4 is 29.1 Å². The van der Waals surface area contributed by atoms with Crippen LogP contribution in [0.5, 0.6) is 5.75 Å². The molecule has 1 aromatic heterocycles. The first-order chi connectivity index (χ1) is 15.5. The van der Waals surface area contributed by atoms with Gasteiger partial charge in [-0.05, 0) is 55.7 Å². The number of aliphatic carboxylic acids is 1. The molecule has 1 atom stereocenters. The number of thioether (sulfide) groups is 1. The lowest BCUT2D eigenvalue weighted by Crippen LogP contribution is -2.10. The highest BCUT2D eigenvalue weighted by Gasteiger charge is 2.30. The second-order valence-electron chi connectivity index (χ2n) is 7.87. The maximum absolute atomic E-state index is 12.9. The van der Waals surface area contributed by atoms with Crippen molar-refractivity contribution in [3.8, 4) is 16.3 Å². The van der Waals surface area contributed by atoms with E-state index in [4.69, 9.17) is 14.8 Å². The fourth-order valence-corrected chi connectivity index (χ4v) is 5.70. The lowest BCUT2D eigenvalue weighted by Gasteiger charge is -2.14. The van der Waals surface area contributed by atoms with Gasteiger partial charge in [-0.1, -0.05) is 26.0 Å². The molecule has 0 aliphatic carbocycles. The minimum atomic E-state index is -4.37. The van der Waals surface area contributed by atoms with Gasteiger partial charge in [-0.15, -0.1) is 23.1 Å². The van der Waals surface area contributed by atoms with Gasteiger partial charge in [-0.2, -0.15) is 13.2 Å². The predicted octanol–water partition coefficient (Wildman–Crippen LogP) is 7.58. The Labute approximate surface area is 198 Å². The van der Waals surface area contributed by atoms with E-state index in [1.54, 1.807) is 17.8 Å². The van der Waals surface area contributed by atoms with E-state index in [0.717, 1.165) is 33.2 Å². The highest BCUT2D eigenvalue weighted by atomic mass is 32.2. The Kier molecular flexibility index (Phi) is 7.74. The number of hydrogen-bond donors (Lipinski definition) is 1. The molecule has 0 fully saturated rings. The van der Waals surface area contributed by atoms with Crippen molar-refractivity contribution in [1.29, 1.82) is 0 Å². The Morgan fingerprint density at radius 2 is 1.82 bits per heavy atom. The van der Waals surface area contributed by atoms with Crippen LogP contribution in [0.2, 0.25) is 0 Å². The number of aryl methyl sites for hydroxylation is 1. The molecule has 176 valence electrons. The van der Waals surface area contributed by atoms with Crippen molar-refractivity contribution in [2.45, 2.75) is 49.9 Å². The Morgan fingerprint density at radius 1 is 1.15 bits per heavy atom. The molecule has 9 heteroatoms. The molecular formula is C24H24F3NO3S2. The largest absolute Gasteiger partial charge is 0.482 e. The number of carboxylic acids is 1. The molecule has 4 nitrogen and oxygen atoms in total. The molecule has 3 rings (SSSR count). The van der Waals surface area contributed by atoms with Gasteiger partial charge >= 0.3 is 12.1 Å². The van der Waals surface area contributed by atoms with E-state index in [2.05, 4.69) is 6.92 Å². The zero-order valence-corrected chi connectivity index (χ0v) is 20.2. The summed E-state index contributed by atoms with van der Waals surface area (Å²) < 4.78 is 44.0. The molecule has 1 N–H and O–H groups in total. The van der Waals surface area contributed by atoms with Gasteiger partial charge in [-0.3, -0.25) is 0 Å². The molecule has 0 bridgehead atoms. The Bertz CT molecular complexity index is 1120. The van der Waals surface area contributed by atoms with Crippen LogP contribution in [0, 0.1) is 6.92 Å². The van der Waals surface area contributed by atoms with Crippen molar-refractivity contribution in [3.63, 3.8) is 0 Å². The van der Waals surface area contributed by atoms with Crippen molar-refractivity contribution in [3.05, 3.63) is 64.2 Å². The summed E-state index contributed by atoms with van der Waals surface area (Å²) in [5, 5.41) is 9.55. The maximum atomic E-state index is 12.9. The van der Waals surface area contributed by atoms with Gasteiger partial charge in [0.2, 0.25) is 0 Å². The quantitative estimate of drug-likeness (QED) is 0.327. The highest BCUT2D eigenvalue weighted by molar-refractivity contribution is 7.99. The zero-order chi connectivity index (χ0) is 24.3. The molecule has 0 saturated heterocycles. The number of aromatic nitrogens is 1. The van der Waals surface area contributed by atoms with Gasteiger partial charge in [0.25, 0.3) is 0 Å². The standard InChI is InChI=1S/C24H24F3NO3S2/c1-13(2)21-22(33-23(28-21)16-5-7-17(8-6-16)24(25,26)27)15(4)32-18-9-10-19(14(3)11-18)31-12-20(29)30/h5-11,13,15H,12H2,1-4H3,(H,29,30)/t15-/m1/s1. The molecule has 0 spiro atoms. The first kappa shape index (κ1) is 25.1. The number of rotatable bonds is 8. The Balaban J connectivity index is 1.83. The monoisotopic (exact) mass is 495 g/mol. The summed E-state index contributed by atoms with van der Waals surface area (Å²) in [6.45, 7) is 7.64. The number of carboxylic acid groups (broad SMARTS) is 1. The topological polar surface area (TPSA) is 59.4 Å². The van der Waals surface area contributed by atoms with Gasteiger partial charge in [0.1, 0.15) is 10.8 Å². The molecule has 0 aliphatic heterocycles. The minimum absolute atomic E-state index is 0.0632. The van der Waals surface area contributed by atoms with E-state index in [0.29, 0.717) is 16.3 Å². The van der Waals surface area contributed by atoms with E-state index >= 15 is 0 Å². The SMILES string of the molecule is Cc1cc(S[C@H](C)c2sc(-c3ccc(C(F)(F)F)cc3)nc2C(C)C)ccc1OCC(=O)O. The third-order valence-electron chi connectivity index (χ3n) is 4.87. The molecule has 2 aromatic carbocycles. The maximum Gasteiger partial charge on any atom is 0.416 e. The summed E-state index contributed by atoms with van der Waals surface area (Å²) >= 11 is 3.14. The van der Waals surface area contributed by atoms with Crippen LogP contribution in [0.4, 0.5) is 13.2 Å². The number of hydrogen-bond acceptors (Lipinski definition) is 5. The van der Waals surface area contributed by atoms with E-state index in [-0.39, 0.29) is 11.2 Å². The van der Waals surface area contributed by atoms with Crippen molar-refractivity contribution in [2.75, 3.05) is 6.61 Å². The fourth-order valence-electron chi connectivity index (χ4n) is 3.23. The Morgan fingerprint density at radius 3 is 2.36 bits per heavy atom. The molecule has 33 heavy (non-hydrogen) atoms. The Hall–Kier alpha value is -2.52. The van der Waals surface area contributed by atoms with Gasteiger partial charge in [0.05, 0.1) is 11.3 Å². The normalized spacial score (nSPS) is 12.7. The second-order valence-corrected chi connectivity index (χ2v) is 10.3. The van der Waals surface area contributed by atoms with Crippen LogP contribution in [-0.2, 0) is 11.0 Å². The lowest BCUT2D eigenvalue weighted by atomic mass is 10.1. The molecule has 3 aromatic rings. The predicted molar refractivity (Wildman–Crippen MR) is 125 cm³/mol. The van der Waals surface area contributed by atoms with Crippen LogP contribution in [0.1, 0.15) is 53.6 Å². The number of halogens is 3. The van der Waals surface area contributed by atoms with Gasteiger partial charge < -0.3 is 9.84 Å². The van der Waals surface area contributed by atoms with E-state index in [1.165, 1.54) is 23.5 Å². The van der Waals surface area contributed by atoms with Crippen LogP contribution < -0.4 is 4.74 Å². The highest BCUT2D eigenvalue weighted by Crippen LogP contribution is 2.44. The number of carbonyl (C=O) groups is 1. The lowest BCUT2D eigenvalue weighted by molar-refractivity contribution is -0.139. The van der Waals surface area contributed by atoms with Gasteiger partial charge in [0.15, 0.2) is 6.61 Å². The van der Waals surface area contributed by atoms with Crippen LogP contribution in [0.15, 0.2) is 47.4 Å². The van der Waals surface area contributed by atoms with Crippen LogP contribution in [0.25, 0.3) is 10.6 Å². The molecule has 0 unspecified atom stereocenters. The first-order valence-corrected chi connectivity index (χ1v) is 12.0. The third kappa shape index (κ3) is 6.29. The molecule has 0 saturated carbocycles. The number of ether oxygens (including phenoxy) is 1. The molecule has 0 radical (unpaired) electrons. The molecule has 1 heterocycles.